The monoisotopic (exact) mass is 438 g/mol. The minimum Gasteiger partial charge on any atom is -0.457 e. The van der Waals surface area contributed by atoms with Crippen LogP contribution in [-0.2, 0) is 11.3 Å². The quantitative estimate of drug-likeness (QED) is 0.344. The van der Waals surface area contributed by atoms with Crippen molar-refractivity contribution in [2.45, 2.75) is 13.5 Å². The highest BCUT2D eigenvalue weighted by Crippen LogP contribution is 2.31. The summed E-state index contributed by atoms with van der Waals surface area (Å²) in [7, 11) is 0. The number of benzene rings is 2. The first-order chi connectivity index (χ1) is 14.8. The Hall–Kier alpha value is -3.71. The van der Waals surface area contributed by atoms with Crippen LogP contribution in [0.2, 0.25) is 5.02 Å². The first-order valence-corrected chi connectivity index (χ1v) is 9.69. The van der Waals surface area contributed by atoms with Crippen LogP contribution in [0.5, 0.6) is 0 Å². The standard InChI is InChI=1S/C23H16ClFN2O4/c1-13(28)15-4-8-19(24)18(10-15)21-9-7-17(31-21)11-20-22(29)27(23(30)26-20)12-14-2-5-16(25)6-3-14/h2-11H,12H2,1H3,(H,26,30)/b20-11+. The Kier molecular flexibility index (Phi) is 5.44. The second-order valence-corrected chi connectivity index (χ2v) is 7.37. The Morgan fingerprint density at radius 2 is 1.87 bits per heavy atom. The maximum absolute atomic E-state index is 13.1. The third-order valence-electron chi connectivity index (χ3n) is 4.77. The summed E-state index contributed by atoms with van der Waals surface area (Å²) in [6, 6.07) is 13.1. The van der Waals surface area contributed by atoms with Gasteiger partial charge in [-0.1, -0.05) is 23.7 Å². The van der Waals surface area contributed by atoms with E-state index < -0.39 is 17.8 Å². The Balaban J connectivity index is 1.56. The molecule has 2 aromatic carbocycles. The van der Waals surface area contributed by atoms with Gasteiger partial charge in [0.25, 0.3) is 5.91 Å². The molecule has 6 nitrogen and oxygen atoms in total. The number of ketones is 1. The molecule has 2 heterocycles. The molecular weight excluding hydrogens is 423 g/mol. The SMILES string of the molecule is CC(=O)c1ccc(Cl)c(-c2ccc(/C=C3/NC(=O)N(Cc4ccc(F)cc4)C3=O)o2)c1. The summed E-state index contributed by atoms with van der Waals surface area (Å²) < 4.78 is 18.8. The van der Waals surface area contributed by atoms with Gasteiger partial charge in [0.1, 0.15) is 23.0 Å². The molecule has 0 radical (unpaired) electrons. The highest BCUT2D eigenvalue weighted by molar-refractivity contribution is 6.33. The average molecular weight is 439 g/mol. The lowest BCUT2D eigenvalue weighted by Gasteiger charge is -2.11. The predicted octanol–water partition coefficient (Wildman–Crippen LogP) is 5.03. The molecule has 0 atom stereocenters. The van der Waals surface area contributed by atoms with E-state index in [-0.39, 0.29) is 18.0 Å². The fourth-order valence-electron chi connectivity index (χ4n) is 3.14. The second kappa shape index (κ2) is 8.20. The molecule has 156 valence electrons. The summed E-state index contributed by atoms with van der Waals surface area (Å²) in [6.45, 7) is 1.47. The molecule has 4 rings (SSSR count). The van der Waals surface area contributed by atoms with E-state index in [0.717, 1.165) is 4.90 Å². The summed E-state index contributed by atoms with van der Waals surface area (Å²) in [4.78, 5) is 37.5. The number of hydrogen-bond donors (Lipinski definition) is 1. The number of halogens is 2. The van der Waals surface area contributed by atoms with Crippen molar-refractivity contribution < 1.29 is 23.2 Å². The molecule has 0 bridgehead atoms. The summed E-state index contributed by atoms with van der Waals surface area (Å²) in [5.74, 6) is -0.285. The van der Waals surface area contributed by atoms with Crippen molar-refractivity contribution in [3.05, 3.63) is 88.0 Å². The molecule has 1 fully saturated rings. The molecule has 1 aliphatic heterocycles. The molecule has 1 N–H and O–H groups in total. The molecule has 0 aliphatic carbocycles. The smallest absolute Gasteiger partial charge is 0.329 e. The molecule has 0 unspecified atom stereocenters. The van der Waals surface area contributed by atoms with E-state index >= 15 is 0 Å². The second-order valence-electron chi connectivity index (χ2n) is 6.96. The lowest BCUT2D eigenvalue weighted by molar-refractivity contribution is -0.123. The van der Waals surface area contributed by atoms with Gasteiger partial charge in [-0.15, -0.1) is 0 Å². The van der Waals surface area contributed by atoms with Crippen LogP contribution >= 0.6 is 11.6 Å². The predicted molar refractivity (Wildman–Crippen MR) is 113 cm³/mol. The summed E-state index contributed by atoms with van der Waals surface area (Å²) in [5.41, 5.74) is 1.70. The lowest BCUT2D eigenvalue weighted by atomic mass is 10.1. The number of Topliss-reactive ketones (excluding diaryl/α,β-unsaturated/α-hetero) is 1. The third kappa shape index (κ3) is 4.27. The average Bonchev–Trinajstić information content (AvgIpc) is 3.30. The van der Waals surface area contributed by atoms with Gasteiger partial charge in [-0.3, -0.25) is 14.5 Å². The van der Waals surface area contributed by atoms with Gasteiger partial charge >= 0.3 is 6.03 Å². The number of imide groups is 1. The zero-order valence-corrected chi connectivity index (χ0v) is 17.1. The van der Waals surface area contributed by atoms with E-state index in [1.165, 1.54) is 37.3 Å². The van der Waals surface area contributed by atoms with Crippen LogP contribution in [0, 0.1) is 5.82 Å². The highest BCUT2D eigenvalue weighted by atomic mass is 35.5. The molecule has 3 aromatic rings. The summed E-state index contributed by atoms with van der Waals surface area (Å²) >= 11 is 6.24. The van der Waals surface area contributed by atoms with Crippen LogP contribution in [0.3, 0.4) is 0 Å². The van der Waals surface area contributed by atoms with Crippen molar-refractivity contribution in [2.24, 2.45) is 0 Å². The number of carbonyl (C=O) groups excluding carboxylic acids is 3. The van der Waals surface area contributed by atoms with E-state index in [1.807, 2.05) is 0 Å². The number of furan rings is 1. The molecule has 0 saturated carbocycles. The van der Waals surface area contributed by atoms with Crippen molar-refractivity contribution in [1.82, 2.24) is 10.2 Å². The molecule has 1 saturated heterocycles. The Morgan fingerprint density at radius 3 is 2.58 bits per heavy atom. The number of nitrogens with one attached hydrogen (secondary N) is 1. The van der Waals surface area contributed by atoms with Crippen LogP contribution in [0.15, 0.2) is 64.7 Å². The number of urea groups is 1. The van der Waals surface area contributed by atoms with Crippen LogP contribution in [-0.4, -0.2) is 22.6 Å². The largest absolute Gasteiger partial charge is 0.457 e. The lowest BCUT2D eigenvalue weighted by Crippen LogP contribution is -2.30. The Labute approximate surface area is 181 Å². The molecule has 31 heavy (non-hydrogen) atoms. The fourth-order valence-corrected chi connectivity index (χ4v) is 3.35. The number of rotatable bonds is 5. The first-order valence-electron chi connectivity index (χ1n) is 9.31. The van der Waals surface area contributed by atoms with E-state index in [0.29, 0.717) is 33.2 Å². The van der Waals surface area contributed by atoms with Crippen molar-refractivity contribution in [1.29, 1.82) is 0 Å². The molecule has 3 amide bonds. The van der Waals surface area contributed by atoms with Crippen molar-refractivity contribution in [3.63, 3.8) is 0 Å². The zero-order chi connectivity index (χ0) is 22.1. The highest BCUT2D eigenvalue weighted by Gasteiger charge is 2.33. The first kappa shape index (κ1) is 20.6. The minimum absolute atomic E-state index is 0.0130. The van der Waals surface area contributed by atoms with Crippen molar-refractivity contribution in [2.75, 3.05) is 0 Å². The summed E-state index contributed by atoms with van der Waals surface area (Å²) in [5, 5.41) is 2.92. The number of amides is 3. The summed E-state index contributed by atoms with van der Waals surface area (Å²) in [6.07, 6.45) is 1.41. The zero-order valence-electron chi connectivity index (χ0n) is 16.3. The van der Waals surface area contributed by atoms with Crippen LogP contribution in [0.4, 0.5) is 9.18 Å². The van der Waals surface area contributed by atoms with Gasteiger partial charge in [0, 0.05) is 17.2 Å². The number of carbonyl (C=O) groups is 3. The number of nitrogens with zero attached hydrogens (tertiary/aromatic N) is 1. The maximum atomic E-state index is 13.1. The van der Waals surface area contributed by atoms with Gasteiger partial charge in [-0.25, -0.2) is 9.18 Å². The van der Waals surface area contributed by atoms with Gasteiger partial charge in [0.2, 0.25) is 0 Å². The van der Waals surface area contributed by atoms with Gasteiger partial charge in [0.05, 0.1) is 11.6 Å². The van der Waals surface area contributed by atoms with Gasteiger partial charge < -0.3 is 9.73 Å². The van der Waals surface area contributed by atoms with E-state index in [9.17, 15) is 18.8 Å². The van der Waals surface area contributed by atoms with Gasteiger partial charge in [-0.05, 0) is 55.0 Å². The normalized spacial score (nSPS) is 14.9. The van der Waals surface area contributed by atoms with Crippen LogP contribution < -0.4 is 5.32 Å². The number of hydrogen-bond acceptors (Lipinski definition) is 4. The maximum Gasteiger partial charge on any atom is 0.329 e. The van der Waals surface area contributed by atoms with E-state index in [1.54, 1.807) is 30.3 Å². The fraction of sp³-hybridized carbons (Fsp3) is 0.0870. The van der Waals surface area contributed by atoms with Crippen molar-refractivity contribution in [3.8, 4) is 11.3 Å². The van der Waals surface area contributed by atoms with Gasteiger partial charge in [-0.2, -0.15) is 0 Å². The van der Waals surface area contributed by atoms with E-state index in [2.05, 4.69) is 5.32 Å². The van der Waals surface area contributed by atoms with Crippen LogP contribution in [0.25, 0.3) is 17.4 Å². The topological polar surface area (TPSA) is 79.6 Å². The molecule has 8 heteroatoms. The molecule has 1 aromatic heterocycles. The molecule has 1 aliphatic rings. The van der Waals surface area contributed by atoms with Gasteiger partial charge in [0.15, 0.2) is 5.78 Å². The molecule has 0 spiro atoms. The Bertz CT molecular complexity index is 1230. The van der Waals surface area contributed by atoms with E-state index in [4.69, 9.17) is 16.0 Å². The molecular formula is C23H16ClFN2O4. The third-order valence-corrected chi connectivity index (χ3v) is 5.10. The minimum atomic E-state index is -0.579. The van der Waals surface area contributed by atoms with Crippen LogP contribution in [0.1, 0.15) is 28.6 Å². The Morgan fingerprint density at radius 1 is 1.13 bits per heavy atom. The van der Waals surface area contributed by atoms with Crippen molar-refractivity contribution >= 4 is 35.4 Å².